The first-order valence-electron chi connectivity index (χ1n) is 10.5. The second-order valence-corrected chi connectivity index (χ2v) is 9.58. The van der Waals surface area contributed by atoms with Crippen LogP contribution >= 0.6 is 11.8 Å². The normalized spacial score (nSPS) is 31.4. The topological polar surface area (TPSA) is 75.7 Å². The van der Waals surface area contributed by atoms with Crippen LogP contribution in [-0.2, 0) is 24.0 Å². The van der Waals surface area contributed by atoms with E-state index in [1.165, 1.54) is 6.42 Å². The second-order valence-electron chi connectivity index (χ2n) is 8.28. The number of hydrogen-bond donors (Lipinski definition) is 1. The summed E-state index contributed by atoms with van der Waals surface area (Å²) in [6.07, 6.45) is 5.52. The van der Waals surface area contributed by atoms with E-state index in [1.54, 1.807) is 16.7 Å². The minimum absolute atomic E-state index is 0.0266. The Kier molecular flexibility index (Phi) is 5.86. The van der Waals surface area contributed by atoms with Gasteiger partial charge in [-0.05, 0) is 30.7 Å². The third kappa shape index (κ3) is 3.89. The first-order chi connectivity index (χ1) is 14.0. The molecule has 1 saturated carbocycles. The Bertz CT molecular complexity index is 786. The van der Waals surface area contributed by atoms with E-state index >= 15 is 0 Å². The summed E-state index contributed by atoms with van der Waals surface area (Å²) in [5.41, 5.74) is 1.04. The zero-order chi connectivity index (χ0) is 20.4. The molecule has 3 aliphatic rings. The van der Waals surface area contributed by atoms with Gasteiger partial charge in [0.25, 0.3) is 5.91 Å². The Balaban J connectivity index is 1.38. The first kappa shape index (κ1) is 20.3. The minimum Gasteiger partial charge on any atom is -0.454 e. The number of ether oxygens (including phenoxy) is 1. The zero-order valence-corrected chi connectivity index (χ0v) is 17.6. The molecular formula is C22H28N2O4S. The molecule has 1 N–H and O–H groups in total. The molecular weight excluding hydrogens is 388 g/mol. The molecule has 0 bridgehead atoms. The number of rotatable bonds is 5. The molecule has 3 fully saturated rings. The van der Waals surface area contributed by atoms with Crippen molar-refractivity contribution in [2.75, 3.05) is 12.4 Å². The number of amides is 2. The van der Waals surface area contributed by atoms with E-state index < -0.39 is 16.9 Å². The van der Waals surface area contributed by atoms with Gasteiger partial charge in [0.2, 0.25) is 5.91 Å². The van der Waals surface area contributed by atoms with Crippen molar-refractivity contribution in [3.05, 3.63) is 35.9 Å². The van der Waals surface area contributed by atoms with E-state index in [4.69, 9.17) is 4.74 Å². The van der Waals surface area contributed by atoms with Crippen LogP contribution in [0.5, 0.6) is 0 Å². The molecule has 4 atom stereocenters. The number of benzene rings is 1. The van der Waals surface area contributed by atoms with Crippen LogP contribution in [0.25, 0.3) is 0 Å². The number of fused-ring (bicyclic) bond motifs is 1. The number of hydrogen-bond acceptors (Lipinski definition) is 5. The van der Waals surface area contributed by atoms with Crippen molar-refractivity contribution in [3.8, 4) is 0 Å². The van der Waals surface area contributed by atoms with Crippen LogP contribution in [0, 0.1) is 5.92 Å². The maximum absolute atomic E-state index is 12.8. The van der Waals surface area contributed by atoms with Gasteiger partial charge in [0.15, 0.2) is 6.61 Å². The molecule has 0 aromatic heterocycles. The Hall–Kier alpha value is -2.02. The molecule has 29 heavy (non-hydrogen) atoms. The molecule has 0 unspecified atom stereocenters. The van der Waals surface area contributed by atoms with E-state index in [0.717, 1.165) is 24.8 Å². The van der Waals surface area contributed by atoms with Crippen LogP contribution in [0.2, 0.25) is 0 Å². The van der Waals surface area contributed by atoms with Gasteiger partial charge >= 0.3 is 5.97 Å². The van der Waals surface area contributed by atoms with Gasteiger partial charge in [-0.3, -0.25) is 9.59 Å². The second kappa shape index (κ2) is 8.38. The van der Waals surface area contributed by atoms with Gasteiger partial charge in [-0.15, -0.1) is 11.8 Å². The lowest BCUT2D eigenvalue weighted by atomic mass is 9.86. The molecule has 1 aliphatic carbocycles. The fourth-order valence-electron chi connectivity index (χ4n) is 4.83. The molecule has 2 amide bonds. The van der Waals surface area contributed by atoms with Crippen LogP contribution < -0.4 is 5.32 Å². The smallest absolute Gasteiger partial charge is 0.330 e. The summed E-state index contributed by atoms with van der Waals surface area (Å²) in [6.45, 7) is 1.86. The molecule has 1 aromatic rings. The van der Waals surface area contributed by atoms with Crippen LogP contribution in [0.3, 0.4) is 0 Å². The van der Waals surface area contributed by atoms with Crippen molar-refractivity contribution in [3.63, 3.8) is 0 Å². The lowest BCUT2D eigenvalue weighted by molar-refractivity contribution is -0.156. The van der Waals surface area contributed by atoms with Crippen molar-refractivity contribution >= 4 is 29.5 Å². The lowest BCUT2D eigenvalue weighted by Gasteiger charge is -2.33. The fourth-order valence-corrected chi connectivity index (χ4v) is 6.46. The molecule has 0 spiro atoms. The minimum atomic E-state index is -0.642. The number of nitrogens with one attached hydrogen (secondary N) is 1. The van der Waals surface area contributed by atoms with Gasteiger partial charge in [-0.2, -0.15) is 0 Å². The van der Waals surface area contributed by atoms with Crippen LogP contribution in [0.15, 0.2) is 30.3 Å². The highest BCUT2D eigenvalue weighted by Gasteiger charge is 2.57. The number of nitrogens with zero attached hydrogens (tertiary/aromatic N) is 1. The maximum atomic E-state index is 12.8. The number of carbonyl (C=O) groups is 3. The summed E-state index contributed by atoms with van der Waals surface area (Å²) in [6, 6.07) is 9.37. The van der Waals surface area contributed by atoms with E-state index in [2.05, 4.69) is 12.2 Å². The molecule has 2 heterocycles. The van der Waals surface area contributed by atoms with Gasteiger partial charge < -0.3 is 15.0 Å². The number of thioether (sulfide) groups is 1. The van der Waals surface area contributed by atoms with E-state index in [1.807, 2.05) is 30.3 Å². The molecule has 2 aliphatic heterocycles. The largest absolute Gasteiger partial charge is 0.454 e. The molecule has 156 valence electrons. The quantitative estimate of drug-likeness (QED) is 0.747. The first-order valence-corrected chi connectivity index (χ1v) is 11.5. The summed E-state index contributed by atoms with van der Waals surface area (Å²) in [7, 11) is 0. The van der Waals surface area contributed by atoms with Gasteiger partial charge in [-0.25, -0.2) is 4.79 Å². The highest BCUT2D eigenvalue weighted by Crippen LogP contribution is 2.54. The van der Waals surface area contributed by atoms with Crippen LogP contribution in [0.4, 0.5) is 0 Å². The number of carbonyl (C=O) groups excluding carboxylic acids is 3. The molecule has 6 nitrogen and oxygen atoms in total. The molecule has 7 heteroatoms. The zero-order valence-electron chi connectivity index (χ0n) is 16.8. The molecule has 2 saturated heterocycles. The Morgan fingerprint density at radius 2 is 2.00 bits per heavy atom. The van der Waals surface area contributed by atoms with Crippen molar-refractivity contribution in [1.82, 2.24) is 10.2 Å². The monoisotopic (exact) mass is 416 g/mol. The molecule has 1 aromatic carbocycles. The summed E-state index contributed by atoms with van der Waals surface area (Å²) < 4.78 is 5.34. The Morgan fingerprint density at radius 1 is 1.24 bits per heavy atom. The van der Waals surface area contributed by atoms with E-state index in [0.29, 0.717) is 24.5 Å². The predicted molar refractivity (Wildman–Crippen MR) is 111 cm³/mol. The highest BCUT2D eigenvalue weighted by molar-refractivity contribution is 8.00. The van der Waals surface area contributed by atoms with Gasteiger partial charge in [0, 0.05) is 18.2 Å². The van der Waals surface area contributed by atoms with E-state index in [-0.39, 0.29) is 24.5 Å². The standard InChI is InChI=1S/C22H28N2O4S/c1-15-7-5-6-10-17(15)23-19(25)13-28-21(27)18-14-29-22(12-11-20(26)24(18)22)16-8-3-2-4-9-16/h2-4,8-9,15,17-18H,5-7,10-14H2,1H3,(H,23,25)/t15-,17+,18+,22-/m1/s1. The summed E-state index contributed by atoms with van der Waals surface area (Å²) in [4.78, 5) is 38.8. The molecule has 0 radical (unpaired) electrons. The lowest BCUT2D eigenvalue weighted by Crippen LogP contribution is -2.48. The van der Waals surface area contributed by atoms with Crippen molar-refractivity contribution in [1.29, 1.82) is 0 Å². The highest BCUT2D eigenvalue weighted by atomic mass is 32.2. The van der Waals surface area contributed by atoms with Crippen molar-refractivity contribution < 1.29 is 19.1 Å². The van der Waals surface area contributed by atoms with Crippen molar-refractivity contribution in [2.24, 2.45) is 5.92 Å². The number of esters is 1. The average Bonchev–Trinajstić information content (AvgIpc) is 3.28. The van der Waals surface area contributed by atoms with Gasteiger partial charge in [0.05, 0.1) is 0 Å². The van der Waals surface area contributed by atoms with Gasteiger partial charge in [0.1, 0.15) is 10.9 Å². The van der Waals surface area contributed by atoms with Gasteiger partial charge in [-0.1, -0.05) is 50.1 Å². The van der Waals surface area contributed by atoms with Crippen LogP contribution in [0.1, 0.15) is 51.0 Å². The third-order valence-electron chi connectivity index (χ3n) is 6.43. The SMILES string of the molecule is C[C@@H]1CCCC[C@@H]1NC(=O)COC(=O)[C@@H]1CS[C@@]2(c3ccccc3)CCC(=O)N12. The molecule has 4 rings (SSSR count). The Morgan fingerprint density at radius 3 is 2.76 bits per heavy atom. The fraction of sp³-hybridized carbons (Fsp3) is 0.591. The summed E-state index contributed by atoms with van der Waals surface area (Å²) in [5.74, 6) is 0.160. The third-order valence-corrected chi connectivity index (χ3v) is 8.02. The van der Waals surface area contributed by atoms with Crippen molar-refractivity contribution in [2.45, 2.75) is 62.4 Å². The average molecular weight is 417 g/mol. The van der Waals surface area contributed by atoms with Crippen LogP contribution in [-0.4, -0.2) is 47.1 Å². The Labute approximate surface area is 175 Å². The maximum Gasteiger partial charge on any atom is 0.330 e. The summed E-state index contributed by atoms with van der Waals surface area (Å²) >= 11 is 1.62. The van der Waals surface area contributed by atoms with E-state index in [9.17, 15) is 14.4 Å². The predicted octanol–water partition coefficient (Wildman–Crippen LogP) is 2.82. The summed E-state index contributed by atoms with van der Waals surface area (Å²) in [5, 5.41) is 3.00.